The third-order valence-corrected chi connectivity index (χ3v) is 2.98. The Balaban J connectivity index is 2.01. The second-order valence-corrected chi connectivity index (χ2v) is 4.36. The van der Waals surface area contributed by atoms with E-state index in [-0.39, 0.29) is 17.4 Å². The van der Waals surface area contributed by atoms with E-state index in [1.54, 1.807) is 11.0 Å². The summed E-state index contributed by atoms with van der Waals surface area (Å²) in [5.74, 6) is -0.669. The smallest absolute Gasteiger partial charge is 0.366 e. The molecule has 0 unspecified atom stereocenters. The lowest BCUT2D eigenvalue weighted by molar-refractivity contribution is -0.130. The topological polar surface area (TPSA) is 41.9 Å². The molecule has 2 aliphatic heterocycles. The summed E-state index contributed by atoms with van der Waals surface area (Å²) >= 11 is 0. The number of halogens is 1. The molecule has 1 aromatic carbocycles. The third kappa shape index (κ3) is 2.14. The van der Waals surface area contributed by atoms with Crippen molar-refractivity contribution >= 4 is 11.9 Å². The molecule has 0 N–H and O–H groups in total. The van der Waals surface area contributed by atoms with E-state index in [1.165, 1.54) is 24.3 Å². The van der Waals surface area contributed by atoms with Crippen LogP contribution in [-0.4, -0.2) is 23.8 Å². The first kappa shape index (κ1) is 12.3. The summed E-state index contributed by atoms with van der Waals surface area (Å²) in [7, 11) is 1.82. The Bertz CT molecular complexity index is 684. The van der Waals surface area contributed by atoms with Crippen molar-refractivity contribution in [2.75, 3.05) is 7.05 Å². The number of hydrogen-bond donors (Lipinski definition) is 0. The predicted molar refractivity (Wildman–Crippen MR) is 72.1 cm³/mol. The highest BCUT2D eigenvalue weighted by molar-refractivity contribution is 6.11. The van der Waals surface area contributed by atoms with E-state index in [2.05, 4.69) is 4.99 Å². The van der Waals surface area contributed by atoms with E-state index in [0.29, 0.717) is 11.3 Å². The SMILES string of the molecule is CN1C=CC=C/C1=C1/N=C(c2ccc(F)cc2)OC1=O. The molecule has 20 heavy (non-hydrogen) atoms. The molecule has 0 aliphatic carbocycles. The zero-order valence-corrected chi connectivity index (χ0v) is 10.7. The highest BCUT2D eigenvalue weighted by Gasteiger charge is 2.28. The van der Waals surface area contributed by atoms with Crippen LogP contribution in [0.2, 0.25) is 0 Å². The minimum Gasteiger partial charge on any atom is -0.402 e. The van der Waals surface area contributed by atoms with Gasteiger partial charge in [-0.15, -0.1) is 0 Å². The molecule has 0 saturated carbocycles. The van der Waals surface area contributed by atoms with Crippen molar-refractivity contribution in [2.24, 2.45) is 4.99 Å². The Morgan fingerprint density at radius 3 is 2.65 bits per heavy atom. The quantitative estimate of drug-likeness (QED) is 0.581. The van der Waals surface area contributed by atoms with E-state index in [4.69, 9.17) is 4.74 Å². The minimum atomic E-state index is -0.508. The van der Waals surface area contributed by atoms with E-state index >= 15 is 0 Å². The Labute approximate surface area is 115 Å². The number of aliphatic imine (C=N–C) groups is 1. The van der Waals surface area contributed by atoms with E-state index in [1.807, 2.05) is 25.4 Å². The molecule has 100 valence electrons. The van der Waals surface area contributed by atoms with Crippen LogP contribution >= 0.6 is 0 Å². The lowest BCUT2D eigenvalue weighted by Gasteiger charge is -2.17. The Morgan fingerprint density at radius 1 is 1.20 bits per heavy atom. The second kappa shape index (κ2) is 4.77. The molecule has 0 aromatic heterocycles. The average Bonchev–Trinajstić information content (AvgIpc) is 2.82. The van der Waals surface area contributed by atoms with Gasteiger partial charge in [0.1, 0.15) is 5.82 Å². The Hall–Kier alpha value is -2.69. The average molecular weight is 270 g/mol. The second-order valence-electron chi connectivity index (χ2n) is 4.36. The molecule has 0 fully saturated rings. The van der Waals surface area contributed by atoms with Crippen LogP contribution in [0.5, 0.6) is 0 Å². The van der Waals surface area contributed by atoms with Crippen molar-refractivity contribution in [2.45, 2.75) is 0 Å². The molecule has 0 radical (unpaired) electrons. The molecular weight excluding hydrogens is 259 g/mol. The number of carbonyl (C=O) groups is 1. The highest BCUT2D eigenvalue weighted by Crippen LogP contribution is 2.23. The van der Waals surface area contributed by atoms with Crippen molar-refractivity contribution in [3.05, 3.63) is 71.5 Å². The first-order valence-corrected chi connectivity index (χ1v) is 6.04. The van der Waals surface area contributed by atoms with Gasteiger partial charge in [0, 0.05) is 18.8 Å². The van der Waals surface area contributed by atoms with Gasteiger partial charge in [-0.1, -0.05) is 6.08 Å². The lowest BCUT2D eigenvalue weighted by atomic mass is 10.2. The summed E-state index contributed by atoms with van der Waals surface area (Å²) in [6, 6.07) is 5.64. The molecule has 0 atom stereocenters. The maximum absolute atomic E-state index is 12.9. The van der Waals surface area contributed by atoms with Crippen LogP contribution in [0.4, 0.5) is 4.39 Å². The number of likely N-dealkylation sites (N-methyl/N-ethyl adjacent to an activating group) is 1. The number of cyclic esters (lactones) is 1. The minimum absolute atomic E-state index is 0.189. The molecule has 1 aromatic rings. The van der Waals surface area contributed by atoms with Gasteiger partial charge in [-0.2, -0.15) is 0 Å². The zero-order chi connectivity index (χ0) is 14.1. The third-order valence-electron chi connectivity index (χ3n) is 2.98. The number of allylic oxidation sites excluding steroid dienone is 3. The van der Waals surface area contributed by atoms with Crippen LogP contribution in [0.25, 0.3) is 0 Å². The molecule has 4 nitrogen and oxygen atoms in total. The molecular formula is C15H11FN2O2. The molecule has 5 heteroatoms. The summed E-state index contributed by atoms with van der Waals surface area (Å²) in [5.41, 5.74) is 1.47. The molecule has 0 amide bonds. The van der Waals surface area contributed by atoms with Crippen molar-refractivity contribution < 1.29 is 13.9 Å². The van der Waals surface area contributed by atoms with E-state index in [9.17, 15) is 9.18 Å². The largest absolute Gasteiger partial charge is 0.402 e. The number of carbonyl (C=O) groups excluding carboxylic acids is 1. The number of nitrogens with zero attached hydrogens (tertiary/aromatic N) is 2. The number of ether oxygens (including phenoxy) is 1. The molecule has 2 heterocycles. The predicted octanol–water partition coefficient (Wildman–Crippen LogP) is 2.36. The summed E-state index contributed by atoms with van der Waals surface area (Å²) in [6.07, 6.45) is 7.28. The van der Waals surface area contributed by atoms with Gasteiger partial charge in [-0.25, -0.2) is 14.2 Å². The number of benzene rings is 1. The summed E-state index contributed by atoms with van der Waals surface area (Å²) in [4.78, 5) is 17.9. The summed E-state index contributed by atoms with van der Waals surface area (Å²) in [6.45, 7) is 0. The Morgan fingerprint density at radius 2 is 1.95 bits per heavy atom. The van der Waals surface area contributed by atoms with Crippen molar-refractivity contribution in [3.8, 4) is 0 Å². The summed E-state index contributed by atoms with van der Waals surface area (Å²) in [5, 5.41) is 0. The van der Waals surface area contributed by atoms with Gasteiger partial charge < -0.3 is 9.64 Å². The van der Waals surface area contributed by atoms with Crippen LogP contribution < -0.4 is 0 Å². The number of rotatable bonds is 1. The first-order valence-electron chi connectivity index (χ1n) is 6.04. The molecule has 0 saturated heterocycles. The zero-order valence-electron chi connectivity index (χ0n) is 10.7. The Kier molecular flexibility index (Phi) is 2.95. The van der Waals surface area contributed by atoms with Gasteiger partial charge in [0.2, 0.25) is 5.90 Å². The fourth-order valence-corrected chi connectivity index (χ4v) is 1.95. The van der Waals surface area contributed by atoms with Gasteiger partial charge in [-0.3, -0.25) is 0 Å². The van der Waals surface area contributed by atoms with Crippen LogP contribution in [0.1, 0.15) is 5.56 Å². The van der Waals surface area contributed by atoms with Gasteiger partial charge in [0.15, 0.2) is 5.70 Å². The number of esters is 1. The van der Waals surface area contributed by atoms with Gasteiger partial charge in [0.05, 0.1) is 5.70 Å². The maximum Gasteiger partial charge on any atom is 0.366 e. The standard InChI is InChI=1S/C15H11FN2O2/c1-18-9-3-2-4-12(18)13-15(19)20-14(17-13)10-5-7-11(16)8-6-10/h2-9H,1H3/b13-12-. The van der Waals surface area contributed by atoms with Crippen LogP contribution in [0.3, 0.4) is 0 Å². The highest BCUT2D eigenvalue weighted by atomic mass is 19.1. The van der Waals surface area contributed by atoms with Gasteiger partial charge >= 0.3 is 5.97 Å². The normalized spacial score (nSPS) is 21.2. The van der Waals surface area contributed by atoms with Crippen molar-refractivity contribution in [3.63, 3.8) is 0 Å². The molecule has 2 aliphatic rings. The van der Waals surface area contributed by atoms with Crippen LogP contribution in [-0.2, 0) is 9.53 Å². The van der Waals surface area contributed by atoms with Gasteiger partial charge in [0.25, 0.3) is 0 Å². The first-order chi connectivity index (χ1) is 9.65. The van der Waals surface area contributed by atoms with E-state index < -0.39 is 5.97 Å². The van der Waals surface area contributed by atoms with Crippen molar-refractivity contribution in [1.82, 2.24) is 4.90 Å². The fourth-order valence-electron chi connectivity index (χ4n) is 1.95. The number of hydrogen-bond acceptors (Lipinski definition) is 4. The van der Waals surface area contributed by atoms with Crippen LogP contribution in [0.15, 0.2) is 65.1 Å². The molecule has 0 spiro atoms. The van der Waals surface area contributed by atoms with Crippen molar-refractivity contribution in [1.29, 1.82) is 0 Å². The molecule has 0 bridgehead atoms. The fraction of sp³-hybridized carbons (Fsp3) is 0.0667. The molecule has 3 rings (SSSR count). The maximum atomic E-state index is 12.9. The van der Waals surface area contributed by atoms with Gasteiger partial charge in [-0.05, 0) is 36.4 Å². The van der Waals surface area contributed by atoms with E-state index in [0.717, 1.165) is 0 Å². The van der Waals surface area contributed by atoms with Crippen LogP contribution in [0, 0.1) is 5.82 Å². The lowest BCUT2D eigenvalue weighted by Crippen LogP contribution is -2.15. The summed E-state index contributed by atoms with van der Waals surface area (Å²) < 4.78 is 18.0. The monoisotopic (exact) mass is 270 g/mol.